The van der Waals surface area contributed by atoms with Crippen molar-refractivity contribution >= 4 is 11.7 Å². The van der Waals surface area contributed by atoms with Crippen molar-refractivity contribution < 1.29 is 9.53 Å². The Balaban J connectivity index is 2.29. The van der Waals surface area contributed by atoms with Crippen LogP contribution in [-0.2, 0) is 4.74 Å². The van der Waals surface area contributed by atoms with E-state index >= 15 is 0 Å². The Hall–Kier alpha value is -1.62. The molecular weight excluding hydrogens is 230 g/mol. The van der Waals surface area contributed by atoms with Gasteiger partial charge in [0, 0.05) is 19.3 Å². The summed E-state index contributed by atoms with van der Waals surface area (Å²) < 4.78 is 5.44. The van der Waals surface area contributed by atoms with E-state index in [4.69, 9.17) is 10.5 Å². The fourth-order valence-electron chi connectivity index (χ4n) is 1.50. The maximum atomic E-state index is 11.2. The van der Waals surface area contributed by atoms with Crippen LogP contribution >= 0.6 is 0 Å². The molecule has 3 N–H and O–H groups in total. The maximum Gasteiger partial charge on any atom is 0.252 e. The predicted octanol–water partition coefficient (Wildman–Crippen LogP) is 1.80. The van der Waals surface area contributed by atoms with Gasteiger partial charge in [-0.3, -0.25) is 4.79 Å². The highest BCUT2D eigenvalue weighted by atomic mass is 16.5. The van der Waals surface area contributed by atoms with Gasteiger partial charge in [-0.15, -0.1) is 0 Å². The highest BCUT2D eigenvalue weighted by Crippen LogP contribution is 2.10. The van der Waals surface area contributed by atoms with E-state index in [2.05, 4.69) is 10.3 Å². The first kappa shape index (κ1) is 14.4. The summed E-state index contributed by atoms with van der Waals surface area (Å²) in [6.07, 6.45) is 3.84. The molecule has 0 aliphatic heterocycles. The second-order valence-electron chi connectivity index (χ2n) is 4.32. The van der Waals surface area contributed by atoms with Crippen LogP contribution in [0.2, 0.25) is 0 Å². The highest BCUT2D eigenvalue weighted by molar-refractivity contribution is 5.97. The maximum absolute atomic E-state index is 11.2. The summed E-state index contributed by atoms with van der Waals surface area (Å²) >= 11 is 0. The van der Waals surface area contributed by atoms with Crippen LogP contribution in [0.4, 0.5) is 5.82 Å². The van der Waals surface area contributed by atoms with Gasteiger partial charge in [0.05, 0.1) is 11.7 Å². The molecular formula is C13H21N3O2. The number of carbonyl (C=O) groups is 1. The third-order valence-corrected chi connectivity index (χ3v) is 2.39. The van der Waals surface area contributed by atoms with Gasteiger partial charge >= 0.3 is 0 Å². The normalized spacial score (nSPS) is 10.6. The summed E-state index contributed by atoms with van der Waals surface area (Å²) in [6, 6.07) is 3.36. The number of ether oxygens (including phenoxy) is 1. The molecule has 0 spiro atoms. The molecule has 0 atom stereocenters. The van der Waals surface area contributed by atoms with Gasteiger partial charge in [0.15, 0.2) is 0 Å². The quantitative estimate of drug-likeness (QED) is 0.691. The van der Waals surface area contributed by atoms with Crippen LogP contribution in [0.3, 0.4) is 0 Å². The van der Waals surface area contributed by atoms with E-state index < -0.39 is 5.91 Å². The fourth-order valence-corrected chi connectivity index (χ4v) is 1.50. The first-order valence-corrected chi connectivity index (χ1v) is 6.21. The molecule has 1 rings (SSSR count). The van der Waals surface area contributed by atoms with E-state index in [1.165, 1.54) is 0 Å². The summed E-state index contributed by atoms with van der Waals surface area (Å²) in [7, 11) is 0. The third-order valence-electron chi connectivity index (χ3n) is 2.39. The molecule has 18 heavy (non-hydrogen) atoms. The number of aromatic nitrogens is 1. The lowest BCUT2D eigenvalue weighted by Gasteiger charge is -2.09. The van der Waals surface area contributed by atoms with E-state index in [0.717, 1.165) is 26.0 Å². The number of hydrogen-bond donors (Lipinski definition) is 2. The Kier molecular flexibility index (Phi) is 6.14. The molecule has 0 bridgehead atoms. The average molecular weight is 251 g/mol. The minimum absolute atomic E-state index is 0.273. The van der Waals surface area contributed by atoms with E-state index in [0.29, 0.717) is 11.4 Å². The number of rotatable bonds is 8. The van der Waals surface area contributed by atoms with Crippen LogP contribution < -0.4 is 11.1 Å². The molecule has 0 fully saturated rings. The zero-order valence-corrected chi connectivity index (χ0v) is 11.0. The number of anilines is 1. The van der Waals surface area contributed by atoms with Crippen LogP contribution in [0.5, 0.6) is 0 Å². The molecule has 0 saturated carbocycles. The minimum Gasteiger partial charge on any atom is -0.379 e. The highest BCUT2D eigenvalue weighted by Gasteiger charge is 2.07. The number of nitrogens with one attached hydrogen (secondary N) is 1. The van der Waals surface area contributed by atoms with Crippen molar-refractivity contribution in [2.24, 2.45) is 5.73 Å². The van der Waals surface area contributed by atoms with Gasteiger partial charge in [-0.25, -0.2) is 4.98 Å². The Morgan fingerprint density at radius 3 is 2.94 bits per heavy atom. The predicted molar refractivity (Wildman–Crippen MR) is 71.6 cm³/mol. The second kappa shape index (κ2) is 7.66. The number of amides is 1. The number of hydrogen-bond acceptors (Lipinski definition) is 4. The molecule has 5 nitrogen and oxygen atoms in total. The Labute approximate surface area is 108 Å². The molecule has 0 aliphatic carbocycles. The van der Waals surface area contributed by atoms with E-state index in [1.807, 2.05) is 13.8 Å². The van der Waals surface area contributed by atoms with Crippen molar-refractivity contribution in [3.05, 3.63) is 23.9 Å². The SMILES string of the molecule is CC(C)OCCCCNc1ncccc1C(N)=O. The van der Waals surface area contributed by atoms with E-state index in [-0.39, 0.29) is 6.10 Å². The molecule has 1 aromatic rings. The standard InChI is InChI=1S/C13H21N3O2/c1-10(2)18-9-4-3-7-15-13-11(12(14)17)6-5-8-16-13/h5-6,8,10H,3-4,7,9H2,1-2H3,(H2,14,17)(H,15,16). The number of nitrogens with zero attached hydrogens (tertiary/aromatic N) is 1. The molecule has 0 radical (unpaired) electrons. The summed E-state index contributed by atoms with van der Waals surface area (Å²) in [4.78, 5) is 15.3. The molecule has 1 amide bonds. The molecule has 1 aromatic heterocycles. The largest absolute Gasteiger partial charge is 0.379 e. The molecule has 0 unspecified atom stereocenters. The van der Waals surface area contributed by atoms with Crippen molar-refractivity contribution in [2.45, 2.75) is 32.8 Å². The van der Waals surface area contributed by atoms with Crippen molar-refractivity contribution in [3.8, 4) is 0 Å². The Bertz CT molecular complexity index is 380. The minimum atomic E-state index is -0.464. The molecule has 0 aromatic carbocycles. The van der Waals surface area contributed by atoms with Crippen LogP contribution in [0.15, 0.2) is 18.3 Å². The second-order valence-corrected chi connectivity index (χ2v) is 4.32. The van der Waals surface area contributed by atoms with Gasteiger partial charge in [0.1, 0.15) is 5.82 Å². The summed E-state index contributed by atoms with van der Waals surface area (Å²) in [5.41, 5.74) is 5.69. The van der Waals surface area contributed by atoms with Crippen LogP contribution in [0.25, 0.3) is 0 Å². The smallest absolute Gasteiger partial charge is 0.252 e. The number of pyridine rings is 1. The third kappa shape index (κ3) is 5.14. The number of unbranched alkanes of at least 4 members (excludes halogenated alkanes) is 1. The first-order valence-electron chi connectivity index (χ1n) is 6.21. The number of primary amides is 1. The van der Waals surface area contributed by atoms with Crippen molar-refractivity contribution in [1.82, 2.24) is 4.98 Å². The zero-order chi connectivity index (χ0) is 13.4. The number of nitrogens with two attached hydrogens (primary N) is 1. The van der Waals surface area contributed by atoms with Crippen LogP contribution in [0.1, 0.15) is 37.0 Å². The van der Waals surface area contributed by atoms with Gasteiger partial charge in [-0.2, -0.15) is 0 Å². The molecule has 0 aliphatic rings. The van der Waals surface area contributed by atoms with Gasteiger partial charge < -0.3 is 15.8 Å². The van der Waals surface area contributed by atoms with Gasteiger partial charge in [0.2, 0.25) is 0 Å². The fraction of sp³-hybridized carbons (Fsp3) is 0.538. The van der Waals surface area contributed by atoms with Gasteiger partial charge in [-0.1, -0.05) is 0 Å². The monoisotopic (exact) mass is 251 g/mol. The Morgan fingerprint density at radius 2 is 2.28 bits per heavy atom. The van der Waals surface area contributed by atoms with Crippen molar-refractivity contribution in [1.29, 1.82) is 0 Å². The van der Waals surface area contributed by atoms with Crippen LogP contribution in [0, 0.1) is 0 Å². The lowest BCUT2D eigenvalue weighted by molar-refractivity contribution is 0.0765. The van der Waals surface area contributed by atoms with Gasteiger partial charge in [0.25, 0.3) is 5.91 Å². The summed E-state index contributed by atoms with van der Waals surface area (Å²) in [5.74, 6) is 0.0866. The number of carbonyl (C=O) groups excluding carboxylic acids is 1. The lowest BCUT2D eigenvalue weighted by Crippen LogP contribution is -2.16. The molecule has 0 saturated heterocycles. The average Bonchev–Trinajstić information content (AvgIpc) is 2.33. The zero-order valence-electron chi connectivity index (χ0n) is 11.0. The molecule has 5 heteroatoms. The van der Waals surface area contributed by atoms with E-state index in [9.17, 15) is 4.79 Å². The summed E-state index contributed by atoms with van der Waals surface area (Å²) in [5, 5.41) is 3.12. The Morgan fingerprint density at radius 1 is 1.50 bits per heavy atom. The first-order chi connectivity index (χ1) is 8.61. The molecule has 1 heterocycles. The van der Waals surface area contributed by atoms with Crippen molar-refractivity contribution in [3.63, 3.8) is 0 Å². The van der Waals surface area contributed by atoms with E-state index in [1.54, 1.807) is 18.3 Å². The summed E-state index contributed by atoms with van der Waals surface area (Å²) in [6.45, 7) is 5.54. The topological polar surface area (TPSA) is 77.2 Å². The lowest BCUT2D eigenvalue weighted by atomic mass is 10.2. The van der Waals surface area contributed by atoms with Crippen LogP contribution in [-0.4, -0.2) is 30.1 Å². The van der Waals surface area contributed by atoms with Crippen molar-refractivity contribution in [2.75, 3.05) is 18.5 Å². The molecule has 100 valence electrons. The van der Waals surface area contributed by atoms with Gasteiger partial charge in [-0.05, 0) is 38.8 Å².